The van der Waals surface area contributed by atoms with Crippen LogP contribution in [-0.2, 0) is 4.79 Å². The minimum atomic E-state index is -0.00639. The van der Waals surface area contributed by atoms with Gasteiger partial charge in [-0.05, 0) is 19.1 Å². The normalized spacial score (nSPS) is 9.58. The van der Waals surface area contributed by atoms with E-state index in [0.717, 1.165) is 5.69 Å². The van der Waals surface area contributed by atoms with Crippen molar-refractivity contribution in [3.63, 3.8) is 0 Å². The third-order valence-electron chi connectivity index (χ3n) is 1.69. The van der Waals surface area contributed by atoms with Crippen LogP contribution in [0.3, 0.4) is 0 Å². The molecule has 0 bridgehead atoms. The molecule has 0 atom stereocenters. The molecule has 0 saturated carbocycles. The molecule has 0 aliphatic heterocycles. The summed E-state index contributed by atoms with van der Waals surface area (Å²) in [6, 6.07) is 5.60. The van der Waals surface area contributed by atoms with Gasteiger partial charge < -0.3 is 4.90 Å². The fourth-order valence-electron chi connectivity index (χ4n) is 0.877. The van der Waals surface area contributed by atoms with Crippen molar-refractivity contribution >= 4 is 11.7 Å². The molecule has 1 heterocycles. The van der Waals surface area contributed by atoms with E-state index < -0.39 is 0 Å². The van der Waals surface area contributed by atoms with Crippen molar-refractivity contribution < 1.29 is 4.79 Å². The van der Waals surface area contributed by atoms with Crippen LogP contribution in [0.4, 0.5) is 5.82 Å². The molecule has 1 aromatic heterocycles. The van der Waals surface area contributed by atoms with Gasteiger partial charge in [-0.3, -0.25) is 4.79 Å². The van der Waals surface area contributed by atoms with Gasteiger partial charge in [-0.2, -0.15) is 0 Å². The zero-order valence-electron chi connectivity index (χ0n) is 7.53. The third kappa shape index (κ3) is 1.81. The number of carbonyl (C=O) groups is 1. The van der Waals surface area contributed by atoms with E-state index >= 15 is 0 Å². The van der Waals surface area contributed by atoms with Gasteiger partial charge in [0.15, 0.2) is 0 Å². The monoisotopic (exact) mass is 164 g/mol. The molecule has 0 aliphatic carbocycles. The third-order valence-corrected chi connectivity index (χ3v) is 1.69. The van der Waals surface area contributed by atoms with Gasteiger partial charge in [0.25, 0.3) is 0 Å². The summed E-state index contributed by atoms with van der Waals surface area (Å²) in [5.74, 6) is 0.690. The van der Waals surface area contributed by atoms with E-state index in [-0.39, 0.29) is 5.91 Å². The van der Waals surface area contributed by atoms with E-state index in [9.17, 15) is 4.79 Å². The molecule has 1 amide bonds. The predicted octanol–water partition coefficient (Wildman–Crippen LogP) is 1.37. The fraction of sp³-hybridized carbons (Fsp3) is 0.333. The number of aryl methyl sites for hydroxylation is 1. The molecule has 12 heavy (non-hydrogen) atoms. The molecule has 3 nitrogen and oxygen atoms in total. The molecule has 1 rings (SSSR count). The van der Waals surface area contributed by atoms with Crippen LogP contribution in [-0.4, -0.2) is 17.9 Å². The number of hydrogen-bond acceptors (Lipinski definition) is 2. The standard InChI is InChI=1S/C9H12N2O/c1-7-5-4-6-9(10-7)11(3)8(2)12/h4-6H,1-3H3. The Morgan fingerprint density at radius 2 is 2.17 bits per heavy atom. The zero-order valence-corrected chi connectivity index (χ0v) is 7.53. The first-order chi connectivity index (χ1) is 5.61. The van der Waals surface area contributed by atoms with E-state index in [1.54, 1.807) is 7.05 Å². The maximum absolute atomic E-state index is 10.9. The molecule has 0 unspecified atom stereocenters. The summed E-state index contributed by atoms with van der Waals surface area (Å²) in [6.07, 6.45) is 0. The minimum absolute atomic E-state index is 0.00639. The first-order valence-corrected chi connectivity index (χ1v) is 3.79. The van der Waals surface area contributed by atoms with E-state index in [2.05, 4.69) is 4.98 Å². The lowest BCUT2D eigenvalue weighted by Crippen LogP contribution is -2.23. The van der Waals surface area contributed by atoms with Gasteiger partial charge in [0.05, 0.1) is 0 Å². The Morgan fingerprint density at radius 1 is 1.50 bits per heavy atom. The van der Waals surface area contributed by atoms with Gasteiger partial charge in [0.1, 0.15) is 5.82 Å². The van der Waals surface area contributed by atoms with Crippen molar-refractivity contribution in [2.75, 3.05) is 11.9 Å². The van der Waals surface area contributed by atoms with Crippen LogP contribution in [0.25, 0.3) is 0 Å². The largest absolute Gasteiger partial charge is 0.300 e. The Labute approximate surface area is 72.0 Å². The number of rotatable bonds is 1. The molecule has 64 valence electrons. The Hall–Kier alpha value is -1.38. The highest BCUT2D eigenvalue weighted by Crippen LogP contribution is 2.08. The summed E-state index contributed by atoms with van der Waals surface area (Å²) in [5.41, 5.74) is 0.917. The first kappa shape index (κ1) is 8.71. The maximum Gasteiger partial charge on any atom is 0.224 e. The summed E-state index contributed by atoms with van der Waals surface area (Å²) in [5, 5.41) is 0. The summed E-state index contributed by atoms with van der Waals surface area (Å²) >= 11 is 0. The number of carbonyl (C=O) groups excluding carboxylic acids is 1. The molecular formula is C9H12N2O. The van der Waals surface area contributed by atoms with Gasteiger partial charge in [-0.25, -0.2) is 4.98 Å². The molecule has 1 aromatic rings. The van der Waals surface area contributed by atoms with Crippen LogP contribution in [0.1, 0.15) is 12.6 Å². The lowest BCUT2D eigenvalue weighted by molar-refractivity contribution is -0.116. The van der Waals surface area contributed by atoms with Crippen molar-refractivity contribution in [2.24, 2.45) is 0 Å². The van der Waals surface area contributed by atoms with E-state index in [0.29, 0.717) is 5.82 Å². The van der Waals surface area contributed by atoms with Crippen molar-refractivity contribution in [2.45, 2.75) is 13.8 Å². The van der Waals surface area contributed by atoms with Crippen molar-refractivity contribution in [3.8, 4) is 0 Å². The lowest BCUT2D eigenvalue weighted by atomic mass is 10.3. The first-order valence-electron chi connectivity index (χ1n) is 3.79. The van der Waals surface area contributed by atoms with Gasteiger partial charge in [0.2, 0.25) is 5.91 Å². The van der Waals surface area contributed by atoms with Crippen molar-refractivity contribution in [3.05, 3.63) is 23.9 Å². The second kappa shape index (κ2) is 3.34. The predicted molar refractivity (Wildman–Crippen MR) is 48.1 cm³/mol. The SMILES string of the molecule is CC(=O)N(C)c1cccc(C)n1. The van der Waals surface area contributed by atoms with E-state index in [1.807, 2.05) is 25.1 Å². The van der Waals surface area contributed by atoms with E-state index in [4.69, 9.17) is 0 Å². The van der Waals surface area contributed by atoms with Crippen LogP contribution in [0.5, 0.6) is 0 Å². The molecular weight excluding hydrogens is 152 g/mol. The Kier molecular flexibility index (Phi) is 2.43. The van der Waals surface area contributed by atoms with Gasteiger partial charge in [-0.1, -0.05) is 6.07 Å². The molecule has 0 N–H and O–H groups in total. The average molecular weight is 164 g/mol. The average Bonchev–Trinajstić information content (AvgIpc) is 2.03. The van der Waals surface area contributed by atoms with Crippen LogP contribution in [0, 0.1) is 6.92 Å². The quantitative estimate of drug-likeness (QED) is 0.628. The van der Waals surface area contributed by atoms with Crippen LogP contribution >= 0.6 is 0 Å². The molecule has 0 radical (unpaired) electrons. The summed E-state index contributed by atoms with van der Waals surface area (Å²) in [7, 11) is 1.71. The number of amides is 1. The van der Waals surface area contributed by atoms with Gasteiger partial charge in [-0.15, -0.1) is 0 Å². The van der Waals surface area contributed by atoms with E-state index in [1.165, 1.54) is 11.8 Å². The highest BCUT2D eigenvalue weighted by atomic mass is 16.2. The number of anilines is 1. The number of nitrogens with zero attached hydrogens (tertiary/aromatic N) is 2. The lowest BCUT2D eigenvalue weighted by Gasteiger charge is -2.13. The van der Waals surface area contributed by atoms with Crippen LogP contribution in [0.2, 0.25) is 0 Å². The van der Waals surface area contributed by atoms with Crippen molar-refractivity contribution in [1.82, 2.24) is 4.98 Å². The molecule has 3 heteroatoms. The molecule has 0 aromatic carbocycles. The van der Waals surface area contributed by atoms with Crippen LogP contribution < -0.4 is 4.90 Å². The topological polar surface area (TPSA) is 33.2 Å². The molecule has 0 saturated heterocycles. The highest BCUT2D eigenvalue weighted by molar-refractivity contribution is 5.89. The molecule has 0 fully saturated rings. The summed E-state index contributed by atoms with van der Waals surface area (Å²) < 4.78 is 0. The maximum atomic E-state index is 10.9. The number of hydrogen-bond donors (Lipinski definition) is 0. The number of aromatic nitrogens is 1. The van der Waals surface area contributed by atoms with Gasteiger partial charge in [0, 0.05) is 19.7 Å². The Morgan fingerprint density at radius 3 is 2.67 bits per heavy atom. The summed E-state index contributed by atoms with van der Waals surface area (Å²) in [6.45, 7) is 3.42. The van der Waals surface area contributed by atoms with Crippen LogP contribution in [0.15, 0.2) is 18.2 Å². The highest BCUT2D eigenvalue weighted by Gasteiger charge is 2.05. The minimum Gasteiger partial charge on any atom is -0.300 e. The summed E-state index contributed by atoms with van der Waals surface area (Å²) in [4.78, 5) is 16.7. The second-order valence-corrected chi connectivity index (χ2v) is 2.72. The fourth-order valence-corrected chi connectivity index (χ4v) is 0.877. The molecule has 0 aliphatic rings. The zero-order chi connectivity index (χ0) is 9.14. The van der Waals surface area contributed by atoms with Crippen molar-refractivity contribution in [1.29, 1.82) is 0 Å². The number of pyridine rings is 1. The van der Waals surface area contributed by atoms with Gasteiger partial charge >= 0.3 is 0 Å². The second-order valence-electron chi connectivity index (χ2n) is 2.72. The Balaban J connectivity index is 2.95. The smallest absolute Gasteiger partial charge is 0.224 e. The Bertz CT molecular complexity index is 296. The molecule has 0 spiro atoms.